The monoisotopic (exact) mass is 738 g/mol. The molecule has 5 heterocycles. The zero-order valence-corrected chi connectivity index (χ0v) is 31.2. The number of benzene rings is 1. The molecule has 0 radical (unpaired) electrons. The Labute approximate surface area is 306 Å². The van der Waals surface area contributed by atoms with E-state index in [4.69, 9.17) is 9.84 Å². The summed E-state index contributed by atoms with van der Waals surface area (Å²) in [5.41, 5.74) is 3.17. The van der Waals surface area contributed by atoms with E-state index in [9.17, 15) is 9.59 Å². The Hall–Kier alpha value is -4.29. The molecule has 1 aromatic carbocycles. The number of rotatable bonds is 11. The minimum Gasteiger partial charge on any atom is -0.465 e. The minimum absolute atomic E-state index is 0.281. The van der Waals surface area contributed by atoms with Gasteiger partial charge in [-0.2, -0.15) is 0 Å². The molecule has 2 fully saturated rings. The van der Waals surface area contributed by atoms with Crippen LogP contribution in [0.1, 0.15) is 42.6 Å². The van der Waals surface area contributed by atoms with E-state index in [0.717, 1.165) is 78.2 Å². The van der Waals surface area contributed by atoms with Gasteiger partial charge < -0.3 is 24.5 Å². The van der Waals surface area contributed by atoms with Crippen LogP contribution in [0.5, 0.6) is 5.75 Å². The number of aryl methyl sites for hydroxylation is 2. The first-order valence-corrected chi connectivity index (χ1v) is 18.9. The molecule has 16 nitrogen and oxygen atoms in total. The van der Waals surface area contributed by atoms with Gasteiger partial charge in [0.05, 0.1) is 6.54 Å². The first-order valence-electron chi connectivity index (χ1n) is 17.0. The van der Waals surface area contributed by atoms with E-state index >= 15 is 0 Å². The van der Waals surface area contributed by atoms with Crippen LogP contribution >= 0.6 is 23.5 Å². The average Bonchev–Trinajstić information content (AvgIpc) is 3.75. The predicted molar refractivity (Wildman–Crippen MR) is 193 cm³/mol. The van der Waals surface area contributed by atoms with E-state index in [-0.39, 0.29) is 6.09 Å². The Morgan fingerprint density at radius 3 is 2.25 bits per heavy atom. The molecule has 0 atom stereocenters. The second kappa shape index (κ2) is 18.8. The first-order chi connectivity index (χ1) is 24.6. The summed E-state index contributed by atoms with van der Waals surface area (Å²) < 4.78 is 9.08. The fourth-order valence-corrected chi connectivity index (χ4v) is 7.71. The zero-order chi connectivity index (χ0) is 36.2. The van der Waals surface area contributed by atoms with Crippen molar-refractivity contribution in [3.05, 3.63) is 59.4 Å². The van der Waals surface area contributed by atoms with Gasteiger partial charge in [-0.15, -0.1) is 10.2 Å². The molecule has 0 aliphatic carbocycles. The molecule has 2 saturated heterocycles. The molecule has 2 aliphatic heterocycles. The van der Waals surface area contributed by atoms with Gasteiger partial charge in [-0.25, -0.2) is 19.0 Å². The number of pyridine rings is 1. The molecule has 3 aromatic heterocycles. The van der Waals surface area contributed by atoms with Gasteiger partial charge in [0, 0.05) is 68.6 Å². The number of carboxylic acid groups (broad SMARTS) is 1. The summed E-state index contributed by atoms with van der Waals surface area (Å²) in [7, 11) is 5.87. The van der Waals surface area contributed by atoms with Crippen LogP contribution in [0.4, 0.5) is 9.59 Å². The molecule has 6 rings (SSSR count). The molecule has 2 amide bonds. The van der Waals surface area contributed by atoms with Crippen molar-refractivity contribution in [2.45, 2.75) is 61.1 Å². The lowest BCUT2D eigenvalue weighted by Crippen LogP contribution is -2.40. The number of hydrogen-bond acceptors (Lipinski definition) is 13. The lowest BCUT2D eigenvalue weighted by Gasteiger charge is -2.30. The maximum atomic E-state index is 12.5. The smallest absolute Gasteiger partial charge is 0.415 e. The molecule has 0 saturated carbocycles. The van der Waals surface area contributed by atoms with E-state index in [2.05, 4.69) is 40.9 Å². The van der Waals surface area contributed by atoms with E-state index in [1.54, 1.807) is 33.1 Å². The molecule has 18 heteroatoms. The normalized spacial score (nSPS) is 15.5. The fourth-order valence-electron chi connectivity index (χ4n) is 5.60. The van der Waals surface area contributed by atoms with Crippen LogP contribution in [0.15, 0.2) is 52.8 Å². The highest BCUT2D eigenvalue weighted by Gasteiger charge is 2.26. The van der Waals surface area contributed by atoms with Gasteiger partial charge in [0.25, 0.3) is 0 Å². The highest BCUT2D eigenvalue weighted by atomic mass is 32.2. The van der Waals surface area contributed by atoms with Crippen LogP contribution in [0.2, 0.25) is 0 Å². The molecule has 51 heavy (non-hydrogen) atoms. The van der Waals surface area contributed by atoms with Gasteiger partial charge in [-0.1, -0.05) is 41.7 Å². The molecule has 2 aliphatic rings. The number of aromatic nitrogens is 9. The Kier molecular flexibility index (Phi) is 14.0. The van der Waals surface area contributed by atoms with E-state index in [0.29, 0.717) is 43.1 Å². The van der Waals surface area contributed by atoms with Crippen molar-refractivity contribution in [3.63, 3.8) is 0 Å². The van der Waals surface area contributed by atoms with Crippen molar-refractivity contribution >= 4 is 35.7 Å². The van der Waals surface area contributed by atoms with Gasteiger partial charge in [-0.3, -0.25) is 4.98 Å². The zero-order valence-electron chi connectivity index (χ0n) is 29.5. The Bertz CT molecular complexity index is 1690. The maximum Gasteiger partial charge on any atom is 0.415 e. The molecule has 0 spiro atoms. The van der Waals surface area contributed by atoms with Crippen LogP contribution in [-0.4, -0.2) is 135 Å². The summed E-state index contributed by atoms with van der Waals surface area (Å²) in [6, 6.07) is 13.7. The number of ether oxygens (including phenoxy) is 1. The number of hydrogen-bond donors (Lipinski definition) is 1. The van der Waals surface area contributed by atoms with Crippen molar-refractivity contribution < 1.29 is 19.4 Å². The largest absolute Gasteiger partial charge is 0.465 e. The molecule has 4 aromatic rings. The summed E-state index contributed by atoms with van der Waals surface area (Å²) in [5, 5.41) is 34.2. The number of piperidine rings is 2. The lowest BCUT2D eigenvalue weighted by molar-refractivity contribution is 0.133. The molecular formula is C33H46N12O4S2. The van der Waals surface area contributed by atoms with Gasteiger partial charge >= 0.3 is 12.2 Å². The van der Waals surface area contributed by atoms with E-state index < -0.39 is 6.09 Å². The van der Waals surface area contributed by atoms with Crippen LogP contribution < -0.4 is 4.74 Å². The van der Waals surface area contributed by atoms with Crippen LogP contribution in [0.3, 0.4) is 0 Å². The number of thioether (sulfide) groups is 2. The third-order valence-corrected chi connectivity index (χ3v) is 11.2. The number of amides is 2. The minimum atomic E-state index is -0.829. The molecular weight excluding hydrogens is 693 g/mol. The third-order valence-electron chi connectivity index (χ3n) is 8.60. The molecule has 0 unspecified atom stereocenters. The van der Waals surface area contributed by atoms with Gasteiger partial charge in [0.1, 0.15) is 5.75 Å². The number of likely N-dealkylation sites (tertiary alicyclic amines) is 2. The first kappa shape index (κ1) is 38.0. The van der Waals surface area contributed by atoms with Gasteiger partial charge in [0.2, 0.25) is 10.3 Å². The summed E-state index contributed by atoms with van der Waals surface area (Å²) in [5.74, 6) is 2.06. The van der Waals surface area contributed by atoms with Crippen LogP contribution in [0, 0.1) is 12.8 Å². The summed E-state index contributed by atoms with van der Waals surface area (Å²) in [6.45, 7) is 6.23. The van der Waals surface area contributed by atoms with Crippen LogP contribution in [-0.2, 0) is 20.0 Å². The lowest BCUT2D eigenvalue weighted by atomic mass is 9.99. The molecule has 274 valence electrons. The highest BCUT2D eigenvalue weighted by molar-refractivity contribution is 7.99. The summed E-state index contributed by atoms with van der Waals surface area (Å²) >= 11 is 3.31. The average molecular weight is 739 g/mol. The fraction of sp³-hybridized carbons (Fsp3) is 0.545. The topological polar surface area (TPSA) is 173 Å². The molecule has 0 bridgehead atoms. The summed E-state index contributed by atoms with van der Waals surface area (Å²) in [6.07, 6.45) is 3.24. The number of tetrazole rings is 2. The SMILES string of the molecule is CN(C)CCn1nnnc1SC1CCN(C(=O)O)CC1.Cc1cccc(Cc2ccc(OC(=O)N3CCC(CSc4nnnn4C)CC3)cc2)n1. The van der Waals surface area contributed by atoms with E-state index in [1.807, 2.05) is 75.2 Å². The summed E-state index contributed by atoms with van der Waals surface area (Å²) in [4.78, 5) is 33.3. The quantitative estimate of drug-likeness (QED) is 0.219. The number of carbonyl (C=O) groups excluding carboxylic acids is 1. The standard InChI is InChI=1S/C22H26N6O2S.C11H20N6O2S/c1-16-4-3-5-19(23-16)14-17-6-8-20(9-7-17)30-22(29)28-12-10-18(11-13-28)15-31-21-24-25-26-27(21)2;1-15(2)7-8-17-10(12-13-14-17)20-9-3-5-16(6-4-9)11(18)19/h3-9,18H,10-15H2,1-2H3;9H,3-8H2,1-2H3,(H,18,19). The highest BCUT2D eigenvalue weighted by Crippen LogP contribution is 2.29. The van der Waals surface area contributed by atoms with Crippen molar-refractivity contribution in [1.29, 1.82) is 0 Å². The van der Waals surface area contributed by atoms with Gasteiger partial charge in [-0.05, 0) is 103 Å². The number of nitrogens with zero attached hydrogens (tertiary/aromatic N) is 12. The third kappa shape index (κ3) is 11.9. The number of likely N-dealkylation sites (N-methyl/N-ethyl adjacent to an activating group) is 1. The van der Waals surface area contributed by atoms with Crippen molar-refractivity contribution in [1.82, 2.24) is 60.1 Å². The second-order valence-corrected chi connectivity index (χ2v) is 15.1. The van der Waals surface area contributed by atoms with Crippen molar-refractivity contribution in [2.24, 2.45) is 13.0 Å². The maximum absolute atomic E-state index is 12.5. The predicted octanol–water partition coefficient (Wildman–Crippen LogP) is 3.98. The Morgan fingerprint density at radius 2 is 1.61 bits per heavy atom. The van der Waals surface area contributed by atoms with Crippen molar-refractivity contribution in [3.8, 4) is 5.75 Å². The molecule has 1 N–H and O–H groups in total. The Morgan fingerprint density at radius 1 is 0.922 bits per heavy atom. The van der Waals surface area contributed by atoms with Gasteiger partial charge in [0.15, 0.2) is 0 Å². The number of carbonyl (C=O) groups is 2. The van der Waals surface area contributed by atoms with Crippen molar-refractivity contribution in [2.75, 3.05) is 52.6 Å². The second-order valence-electron chi connectivity index (χ2n) is 12.9. The Balaban J connectivity index is 0.000000218. The van der Waals surface area contributed by atoms with E-state index in [1.165, 1.54) is 4.90 Å². The van der Waals surface area contributed by atoms with Crippen LogP contribution in [0.25, 0.3) is 0 Å².